The molecule has 3 aromatic carbocycles. The average molecular weight is 474 g/mol. The molecule has 0 aliphatic carbocycles. The largest absolute Gasteiger partial charge is 0.335 e. The number of anilines is 1. The first-order chi connectivity index (χ1) is 17.3. The molecule has 0 saturated heterocycles. The van der Waals surface area contributed by atoms with E-state index in [4.69, 9.17) is 0 Å². The molecule has 4 aromatic rings. The Morgan fingerprint density at radius 1 is 0.971 bits per heavy atom. The molecule has 0 N–H and O–H groups in total. The number of benzene rings is 3. The topological polar surface area (TPSA) is 7.12 Å². The van der Waals surface area contributed by atoms with E-state index in [1.807, 2.05) is 11.8 Å². The molecule has 0 radical (unpaired) electrons. The summed E-state index contributed by atoms with van der Waals surface area (Å²) in [6.07, 6.45) is 14.7. The minimum Gasteiger partial charge on any atom is -0.335 e. The highest BCUT2D eigenvalue weighted by atomic mass is 32.2. The number of pyridine rings is 1. The first kappa shape index (κ1) is 21.9. The third-order valence-corrected chi connectivity index (χ3v) is 8.02. The van der Waals surface area contributed by atoms with Gasteiger partial charge in [-0.05, 0) is 59.7 Å². The predicted molar refractivity (Wildman–Crippen MR) is 148 cm³/mol. The minimum atomic E-state index is 0.905. The zero-order valence-electron chi connectivity index (χ0n) is 20.0. The number of aromatic nitrogens is 1. The van der Waals surface area contributed by atoms with E-state index in [1.165, 1.54) is 61.6 Å². The molecule has 6 rings (SSSR count). The molecule has 0 fully saturated rings. The van der Waals surface area contributed by atoms with Crippen molar-refractivity contribution >= 4 is 34.4 Å². The highest BCUT2D eigenvalue weighted by molar-refractivity contribution is 8.03. The Labute approximate surface area is 211 Å². The van der Waals surface area contributed by atoms with Gasteiger partial charge < -0.3 is 4.90 Å². The summed E-state index contributed by atoms with van der Waals surface area (Å²) in [4.78, 5) is 3.91. The fourth-order valence-corrected chi connectivity index (χ4v) is 6.26. The van der Waals surface area contributed by atoms with Gasteiger partial charge in [0.05, 0.1) is 16.1 Å². The van der Waals surface area contributed by atoms with Crippen LogP contribution in [0, 0.1) is 0 Å². The number of aryl methyl sites for hydroxylation is 2. The average Bonchev–Trinajstić information content (AvgIpc) is 3.27. The Morgan fingerprint density at radius 3 is 2.74 bits per heavy atom. The zero-order valence-corrected chi connectivity index (χ0v) is 20.8. The summed E-state index contributed by atoms with van der Waals surface area (Å²) in [6, 6.07) is 28.3. The predicted octanol–water partition coefficient (Wildman–Crippen LogP) is 7.25. The summed E-state index contributed by atoms with van der Waals surface area (Å²) < 4.78 is 2.18. The SMILES string of the molecule is C[n+]1ccc(/C=C/C(=C/C=C2\Sc3cccc4c3N2CCC4)Cc2ccccc2)c2ccccc21. The molecular formula is C32H29N2S+. The van der Waals surface area contributed by atoms with E-state index in [2.05, 4.69) is 126 Å². The quantitative estimate of drug-likeness (QED) is 0.223. The molecule has 2 aliphatic heterocycles. The van der Waals surface area contributed by atoms with Crippen molar-refractivity contribution in [1.29, 1.82) is 0 Å². The van der Waals surface area contributed by atoms with Crippen LogP contribution in [0.15, 0.2) is 119 Å². The van der Waals surface area contributed by atoms with Crippen LogP contribution in [-0.2, 0) is 19.9 Å². The molecule has 0 amide bonds. The van der Waals surface area contributed by atoms with Crippen molar-refractivity contribution in [2.45, 2.75) is 24.2 Å². The van der Waals surface area contributed by atoms with Crippen molar-refractivity contribution in [3.05, 3.63) is 131 Å². The van der Waals surface area contributed by atoms with E-state index in [0.717, 1.165) is 13.0 Å². The van der Waals surface area contributed by atoms with Gasteiger partial charge in [0.25, 0.3) is 0 Å². The summed E-state index contributed by atoms with van der Waals surface area (Å²) in [5.74, 6) is 0. The number of para-hydroxylation sites is 2. The second kappa shape index (κ2) is 9.59. The highest BCUT2D eigenvalue weighted by Gasteiger charge is 2.29. The van der Waals surface area contributed by atoms with Crippen LogP contribution in [0.1, 0.15) is 23.1 Å². The summed E-state index contributed by atoms with van der Waals surface area (Å²) in [7, 11) is 2.10. The highest BCUT2D eigenvalue weighted by Crippen LogP contribution is 2.49. The number of rotatable bonds is 5. The summed E-state index contributed by atoms with van der Waals surface area (Å²) in [5.41, 5.74) is 8.04. The van der Waals surface area contributed by atoms with Crippen molar-refractivity contribution in [2.24, 2.45) is 7.05 Å². The van der Waals surface area contributed by atoms with E-state index in [1.54, 1.807) is 0 Å². The van der Waals surface area contributed by atoms with Gasteiger partial charge in [0, 0.05) is 23.6 Å². The maximum atomic E-state index is 2.52. The first-order valence-corrected chi connectivity index (χ1v) is 13.2. The Morgan fingerprint density at radius 2 is 1.83 bits per heavy atom. The van der Waals surface area contributed by atoms with E-state index < -0.39 is 0 Å². The van der Waals surface area contributed by atoms with Crippen molar-refractivity contribution < 1.29 is 4.57 Å². The van der Waals surface area contributed by atoms with Crippen LogP contribution in [0.25, 0.3) is 17.0 Å². The lowest BCUT2D eigenvalue weighted by atomic mass is 10.0. The van der Waals surface area contributed by atoms with Gasteiger partial charge in [-0.1, -0.05) is 84.6 Å². The lowest BCUT2D eigenvalue weighted by molar-refractivity contribution is -0.644. The standard InChI is InChI=1S/C32H29N2S/c1-33-22-20-26(28-13-5-6-14-29(28)33)18-16-25(23-24-9-3-2-4-10-24)17-19-31-34-21-8-12-27-11-7-15-30(35-31)32(27)34/h2-7,9-11,13-20,22H,8,12,21,23H2,1H3/q+1. The fraction of sp³-hybridized carbons (Fsp3) is 0.156. The minimum absolute atomic E-state index is 0.905. The van der Waals surface area contributed by atoms with E-state index in [0.29, 0.717) is 0 Å². The molecule has 0 atom stereocenters. The second-order valence-electron chi connectivity index (χ2n) is 9.26. The third-order valence-electron chi connectivity index (χ3n) is 6.90. The molecule has 3 heteroatoms. The van der Waals surface area contributed by atoms with Crippen LogP contribution >= 0.6 is 11.8 Å². The van der Waals surface area contributed by atoms with Crippen LogP contribution < -0.4 is 9.47 Å². The van der Waals surface area contributed by atoms with Crippen molar-refractivity contribution in [3.8, 4) is 0 Å². The lowest BCUT2D eigenvalue weighted by Crippen LogP contribution is -2.28. The Bertz CT molecular complexity index is 1480. The summed E-state index contributed by atoms with van der Waals surface area (Å²) in [6.45, 7) is 1.10. The number of hydrogen-bond donors (Lipinski definition) is 0. The smallest absolute Gasteiger partial charge is 0.212 e. The molecule has 35 heavy (non-hydrogen) atoms. The first-order valence-electron chi connectivity index (χ1n) is 12.3. The molecule has 0 saturated carbocycles. The van der Waals surface area contributed by atoms with Crippen LogP contribution in [-0.4, -0.2) is 6.54 Å². The third kappa shape index (κ3) is 4.44. The van der Waals surface area contributed by atoms with Gasteiger partial charge in [-0.3, -0.25) is 0 Å². The molecule has 1 aromatic heterocycles. The zero-order chi connectivity index (χ0) is 23.6. The Hall–Kier alpha value is -3.56. The second-order valence-corrected chi connectivity index (χ2v) is 10.3. The van der Waals surface area contributed by atoms with Gasteiger partial charge >= 0.3 is 0 Å². The molecule has 3 heterocycles. The Balaban J connectivity index is 1.36. The van der Waals surface area contributed by atoms with Crippen molar-refractivity contribution in [1.82, 2.24) is 0 Å². The Kier molecular flexibility index (Phi) is 6.01. The molecule has 2 nitrogen and oxygen atoms in total. The molecule has 0 bridgehead atoms. The molecule has 172 valence electrons. The van der Waals surface area contributed by atoms with Gasteiger partial charge in [-0.25, -0.2) is 4.57 Å². The van der Waals surface area contributed by atoms with Crippen molar-refractivity contribution in [2.75, 3.05) is 11.4 Å². The maximum absolute atomic E-state index is 2.52. The van der Waals surface area contributed by atoms with E-state index in [-0.39, 0.29) is 0 Å². The number of fused-ring (bicyclic) bond motifs is 1. The molecular weight excluding hydrogens is 444 g/mol. The monoisotopic (exact) mass is 473 g/mol. The number of thioether (sulfide) groups is 1. The number of allylic oxidation sites excluding steroid dienone is 4. The summed E-state index contributed by atoms with van der Waals surface area (Å²) >= 11 is 1.90. The van der Waals surface area contributed by atoms with E-state index >= 15 is 0 Å². The van der Waals surface area contributed by atoms with Gasteiger partial charge in [-0.15, -0.1) is 0 Å². The van der Waals surface area contributed by atoms with Crippen LogP contribution in [0.3, 0.4) is 0 Å². The number of nitrogens with zero attached hydrogens (tertiary/aromatic N) is 2. The summed E-state index contributed by atoms with van der Waals surface area (Å²) in [5, 5.41) is 2.61. The van der Waals surface area contributed by atoms with Gasteiger partial charge in [0.15, 0.2) is 6.20 Å². The van der Waals surface area contributed by atoms with Crippen molar-refractivity contribution in [3.63, 3.8) is 0 Å². The molecule has 2 aliphatic rings. The van der Waals surface area contributed by atoms with E-state index in [9.17, 15) is 0 Å². The maximum Gasteiger partial charge on any atom is 0.212 e. The van der Waals surface area contributed by atoms with Crippen LogP contribution in [0.5, 0.6) is 0 Å². The molecule has 0 spiro atoms. The van der Waals surface area contributed by atoms with Gasteiger partial charge in [0.1, 0.15) is 7.05 Å². The van der Waals surface area contributed by atoms with Crippen LogP contribution in [0.4, 0.5) is 5.69 Å². The number of hydrogen-bond acceptors (Lipinski definition) is 2. The lowest BCUT2D eigenvalue weighted by Gasteiger charge is -2.27. The normalized spacial score (nSPS) is 16.4. The van der Waals surface area contributed by atoms with Gasteiger partial charge in [0.2, 0.25) is 5.52 Å². The molecule has 0 unspecified atom stereocenters. The fourth-order valence-electron chi connectivity index (χ4n) is 5.12. The van der Waals surface area contributed by atoms with Crippen LogP contribution in [0.2, 0.25) is 0 Å². The van der Waals surface area contributed by atoms with Gasteiger partial charge in [-0.2, -0.15) is 0 Å².